The van der Waals surface area contributed by atoms with Crippen LogP contribution < -0.4 is 11.7 Å². The quantitative estimate of drug-likeness (QED) is 0.287. The van der Waals surface area contributed by atoms with Gasteiger partial charge in [0, 0.05) is 0 Å². The van der Waals surface area contributed by atoms with E-state index in [-0.39, 0.29) is 12.2 Å². The van der Waals surface area contributed by atoms with Crippen molar-refractivity contribution in [2.75, 3.05) is 11.5 Å². The summed E-state index contributed by atoms with van der Waals surface area (Å²) in [6.45, 7) is 4.36. The molecule has 1 atom stereocenters. The first-order chi connectivity index (χ1) is 8.36. The largest absolute Gasteiger partial charge is 0.481 e. The molecule has 0 radical (unpaired) electrons. The van der Waals surface area contributed by atoms with Gasteiger partial charge in [0.25, 0.3) is 0 Å². The van der Waals surface area contributed by atoms with Crippen LogP contribution in [0.1, 0.15) is 33.1 Å². The van der Waals surface area contributed by atoms with Gasteiger partial charge in [-0.3, -0.25) is 21.3 Å². The fourth-order valence-electron chi connectivity index (χ4n) is 0.755. The molecule has 0 unspecified atom stereocenters. The smallest absolute Gasteiger partial charge is 0.323 e. The van der Waals surface area contributed by atoms with Crippen molar-refractivity contribution in [2.45, 2.75) is 39.2 Å². The third kappa shape index (κ3) is 13.2. The number of carbonyl (C=O) groups is 2. The lowest BCUT2D eigenvalue weighted by Crippen LogP contribution is -2.50. The Balaban J connectivity index is 0. The van der Waals surface area contributed by atoms with Crippen LogP contribution in [0.15, 0.2) is 0 Å². The minimum atomic E-state index is -1.12. The van der Waals surface area contributed by atoms with Gasteiger partial charge in [-0.1, -0.05) is 26.7 Å². The number of aliphatic carboxylic acids is 2. The van der Waals surface area contributed by atoms with E-state index in [2.05, 4.69) is 13.8 Å². The Morgan fingerprint density at radius 3 is 2.00 bits per heavy atom. The molecule has 0 saturated carbocycles. The number of nitrogens with zero attached hydrogens (tertiary/aromatic N) is 1. The number of rotatable bonds is 8. The fraction of sp³-hybridized carbons (Fsp3) is 0.800. The highest BCUT2D eigenvalue weighted by Gasteiger charge is 2.20. The maximum absolute atomic E-state index is 10.5. The average Bonchev–Trinajstić information content (AvgIpc) is 2.27. The number of unbranched alkanes of at least 4 members (excludes halogenated alkanes) is 1. The Morgan fingerprint density at radius 2 is 1.72 bits per heavy atom. The maximum atomic E-state index is 10.5. The Bertz CT molecular complexity index is 237. The molecule has 0 heterocycles. The second-order valence-corrected chi connectivity index (χ2v) is 4.64. The van der Waals surface area contributed by atoms with Crippen molar-refractivity contribution in [1.82, 2.24) is 5.12 Å². The van der Waals surface area contributed by atoms with Gasteiger partial charge in [0.15, 0.2) is 0 Å². The molecule has 0 fully saturated rings. The molecule has 0 aromatic carbocycles. The molecule has 18 heavy (non-hydrogen) atoms. The zero-order valence-electron chi connectivity index (χ0n) is 10.8. The summed E-state index contributed by atoms with van der Waals surface area (Å²) >= 11 is 1.12. The van der Waals surface area contributed by atoms with Crippen LogP contribution in [0.4, 0.5) is 0 Å². The van der Waals surface area contributed by atoms with Crippen LogP contribution in [-0.4, -0.2) is 44.8 Å². The van der Waals surface area contributed by atoms with Crippen LogP contribution in [0, 0.1) is 0 Å². The van der Waals surface area contributed by atoms with E-state index >= 15 is 0 Å². The predicted octanol–water partition coefficient (Wildman–Crippen LogP) is 0.503. The highest BCUT2D eigenvalue weighted by atomic mass is 32.2. The molecule has 0 aliphatic carbocycles. The van der Waals surface area contributed by atoms with Gasteiger partial charge in [-0.2, -0.15) is 16.9 Å². The van der Waals surface area contributed by atoms with Gasteiger partial charge in [0.05, 0.1) is 5.75 Å². The van der Waals surface area contributed by atoms with E-state index in [1.165, 1.54) is 12.8 Å². The zero-order valence-corrected chi connectivity index (χ0v) is 11.7. The van der Waals surface area contributed by atoms with Crippen molar-refractivity contribution in [3.05, 3.63) is 0 Å². The summed E-state index contributed by atoms with van der Waals surface area (Å²) in [6.07, 6.45) is 2.85. The molecule has 0 aliphatic rings. The number of nitrogens with two attached hydrogens (primary N) is 2. The summed E-state index contributed by atoms with van der Waals surface area (Å²) in [5.74, 6) is 8.45. The van der Waals surface area contributed by atoms with E-state index in [1.54, 1.807) is 0 Å². The third-order valence-corrected chi connectivity index (χ3v) is 2.88. The first-order valence-corrected chi connectivity index (χ1v) is 6.83. The van der Waals surface area contributed by atoms with Crippen molar-refractivity contribution < 1.29 is 19.8 Å². The van der Waals surface area contributed by atoms with Crippen molar-refractivity contribution in [3.63, 3.8) is 0 Å². The number of thioether (sulfide) groups is 1. The molecular formula is C10H23N3O4S. The summed E-state index contributed by atoms with van der Waals surface area (Å²) in [4.78, 5) is 20.7. The van der Waals surface area contributed by atoms with Crippen LogP contribution in [-0.2, 0) is 9.59 Å². The van der Waals surface area contributed by atoms with E-state index in [0.29, 0.717) is 10.9 Å². The summed E-state index contributed by atoms with van der Waals surface area (Å²) in [7, 11) is 0. The number of hydrogen-bond donors (Lipinski definition) is 4. The maximum Gasteiger partial charge on any atom is 0.323 e. The molecule has 8 heteroatoms. The van der Waals surface area contributed by atoms with E-state index in [0.717, 1.165) is 11.8 Å². The Morgan fingerprint density at radius 1 is 1.22 bits per heavy atom. The topological polar surface area (TPSA) is 130 Å². The van der Waals surface area contributed by atoms with Crippen molar-refractivity contribution in [1.29, 1.82) is 0 Å². The van der Waals surface area contributed by atoms with Gasteiger partial charge in [-0.25, -0.2) is 0 Å². The van der Waals surface area contributed by atoms with E-state index in [9.17, 15) is 9.59 Å². The molecule has 0 spiro atoms. The number of carboxylic acids is 2. The van der Waals surface area contributed by atoms with E-state index < -0.39 is 18.0 Å². The van der Waals surface area contributed by atoms with Gasteiger partial charge < -0.3 is 10.2 Å². The highest BCUT2D eigenvalue weighted by molar-refractivity contribution is 7.99. The van der Waals surface area contributed by atoms with Crippen LogP contribution in [0.2, 0.25) is 0 Å². The standard InChI is InChI=1S/C6H13N3O4S.C4H10/c7-9(8)4(6(12)13)1-2-14-3-5(10)11;1-3-4-2/h4H,1-3,7-8H2,(H,10,11)(H,12,13);3-4H2,1-2H3/t4-;/m0./s1. The van der Waals surface area contributed by atoms with Crippen LogP contribution in [0.3, 0.4) is 0 Å². The lowest BCUT2D eigenvalue weighted by atomic mass is 10.2. The van der Waals surface area contributed by atoms with Crippen LogP contribution >= 0.6 is 11.8 Å². The van der Waals surface area contributed by atoms with Crippen LogP contribution in [0.25, 0.3) is 0 Å². The number of carboxylic acid groups (broad SMARTS) is 2. The minimum absolute atomic E-state index is 0.0541. The van der Waals surface area contributed by atoms with Crippen molar-refractivity contribution in [2.24, 2.45) is 11.7 Å². The SMILES string of the molecule is CCCC.NN(N)[C@@H](CCSCC(=O)O)C(=O)O. The lowest BCUT2D eigenvalue weighted by Gasteiger charge is -2.18. The van der Waals surface area contributed by atoms with Gasteiger partial charge in [0.2, 0.25) is 0 Å². The number of hydrogen-bond acceptors (Lipinski definition) is 6. The molecule has 0 amide bonds. The molecular weight excluding hydrogens is 258 g/mol. The summed E-state index contributed by atoms with van der Waals surface area (Å²) in [5, 5.41) is 17.5. The fourth-order valence-corrected chi connectivity index (χ4v) is 1.46. The zero-order chi connectivity index (χ0) is 14.6. The molecule has 0 bridgehead atoms. The monoisotopic (exact) mass is 281 g/mol. The molecule has 0 aromatic heterocycles. The Kier molecular flexibility index (Phi) is 13.7. The molecule has 0 saturated heterocycles. The normalized spacial score (nSPS) is 11.6. The second kappa shape index (κ2) is 12.6. The first-order valence-electron chi connectivity index (χ1n) is 5.67. The molecule has 6 N–H and O–H groups in total. The highest BCUT2D eigenvalue weighted by Crippen LogP contribution is 2.06. The molecule has 0 aliphatic heterocycles. The molecule has 7 nitrogen and oxygen atoms in total. The van der Waals surface area contributed by atoms with Crippen molar-refractivity contribution in [3.8, 4) is 0 Å². The van der Waals surface area contributed by atoms with Gasteiger partial charge >= 0.3 is 11.9 Å². The molecule has 0 aromatic rings. The molecule has 108 valence electrons. The minimum Gasteiger partial charge on any atom is -0.481 e. The summed E-state index contributed by atoms with van der Waals surface area (Å²) < 4.78 is 0. The van der Waals surface area contributed by atoms with Gasteiger partial charge in [0.1, 0.15) is 6.04 Å². The number of hydrazine groups is 2. The van der Waals surface area contributed by atoms with Crippen molar-refractivity contribution >= 4 is 23.7 Å². The molecule has 0 rings (SSSR count). The summed E-state index contributed by atoms with van der Waals surface area (Å²) in [5.41, 5.74) is 0. The van der Waals surface area contributed by atoms with E-state index in [4.69, 9.17) is 21.9 Å². The van der Waals surface area contributed by atoms with Gasteiger partial charge in [-0.05, 0) is 12.2 Å². The first kappa shape index (κ1) is 19.5. The Labute approximate surface area is 111 Å². The third-order valence-electron chi connectivity index (χ3n) is 1.91. The summed E-state index contributed by atoms with van der Waals surface area (Å²) in [6, 6.07) is -0.976. The second-order valence-electron chi connectivity index (χ2n) is 3.54. The van der Waals surface area contributed by atoms with E-state index in [1.807, 2.05) is 0 Å². The lowest BCUT2D eigenvalue weighted by molar-refractivity contribution is -0.143. The van der Waals surface area contributed by atoms with Crippen LogP contribution in [0.5, 0.6) is 0 Å². The Hall–Kier alpha value is -0.830. The average molecular weight is 281 g/mol. The van der Waals surface area contributed by atoms with Gasteiger partial charge in [-0.15, -0.1) is 0 Å². The predicted molar refractivity (Wildman–Crippen MR) is 71.8 cm³/mol.